The molecule has 1 aromatic carbocycles. The van der Waals surface area contributed by atoms with E-state index in [2.05, 4.69) is 15.6 Å². The molecule has 5 rings (SSSR count). The Bertz CT molecular complexity index is 886. The van der Waals surface area contributed by atoms with E-state index in [0.29, 0.717) is 25.4 Å². The van der Waals surface area contributed by atoms with Crippen LogP contribution in [0.2, 0.25) is 0 Å². The molecule has 1 aromatic heterocycles. The highest BCUT2D eigenvalue weighted by Gasteiger charge is 2.45. The molecule has 0 radical (unpaired) electrons. The number of nitrogens with one attached hydrogen (secondary N) is 3. The molecule has 1 saturated carbocycles. The van der Waals surface area contributed by atoms with Crippen molar-refractivity contribution in [3.63, 3.8) is 0 Å². The van der Waals surface area contributed by atoms with Crippen molar-refractivity contribution in [3.8, 4) is 0 Å². The Hall–Kier alpha value is -2.57. The minimum absolute atomic E-state index is 0.0425. The van der Waals surface area contributed by atoms with E-state index in [1.165, 1.54) is 19.3 Å². The lowest BCUT2D eigenvalue weighted by atomic mass is 9.83. The van der Waals surface area contributed by atoms with Crippen LogP contribution in [-0.4, -0.2) is 45.4 Å². The average Bonchev–Trinajstić information content (AvgIpc) is 3.45. The first-order valence-electron chi connectivity index (χ1n) is 10.9. The van der Waals surface area contributed by atoms with Crippen LogP contribution in [-0.2, 0) is 4.79 Å². The Morgan fingerprint density at radius 1 is 1.21 bits per heavy atom. The second kappa shape index (κ2) is 7.35. The number of amides is 3. The zero-order valence-corrected chi connectivity index (χ0v) is 16.7. The Balaban J connectivity index is 1.35. The summed E-state index contributed by atoms with van der Waals surface area (Å²) in [7, 11) is 0. The van der Waals surface area contributed by atoms with Gasteiger partial charge < -0.3 is 20.5 Å². The number of rotatable bonds is 3. The van der Waals surface area contributed by atoms with Crippen LogP contribution in [0.1, 0.15) is 63.2 Å². The number of carbonyl (C=O) groups is 2. The number of para-hydroxylation sites is 2. The third-order valence-electron chi connectivity index (χ3n) is 6.98. The number of carbonyl (C=O) groups excluding carboxylic acids is 2. The summed E-state index contributed by atoms with van der Waals surface area (Å²) in [6, 6.07) is 7.86. The summed E-state index contributed by atoms with van der Waals surface area (Å²) in [5.41, 5.74) is 1.73. The van der Waals surface area contributed by atoms with Crippen molar-refractivity contribution in [3.05, 3.63) is 30.1 Å². The third kappa shape index (κ3) is 3.58. The van der Waals surface area contributed by atoms with Crippen molar-refractivity contribution in [2.75, 3.05) is 13.1 Å². The van der Waals surface area contributed by atoms with Gasteiger partial charge >= 0.3 is 6.03 Å². The number of aromatic nitrogens is 2. The molecule has 3 N–H and O–H groups in total. The summed E-state index contributed by atoms with van der Waals surface area (Å²) in [6.07, 6.45) is 8.14. The van der Waals surface area contributed by atoms with Gasteiger partial charge in [0, 0.05) is 19.5 Å². The number of fused-ring (bicyclic) bond motifs is 1. The highest BCUT2D eigenvalue weighted by Crippen LogP contribution is 2.35. The molecule has 2 atom stereocenters. The molecule has 2 aromatic rings. The molecular formula is C22H29N5O2. The Morgan fingerprint density at radius 2 is 2.03 bits per heavy atom. The van der Waals surface area contributed by atoms with Crippen LogP contribution in [0, 0.1) is 5.92 Å². The molecule has 7 heteroatoms. The summed E-state index contributed by atoms with van der Waals surface area (Å²) >= 11 is 0. The van der Waals surface area contributed by atoms with E-state index < -0.39 is 0 Å². The highest BCUT2D eigenvalue weighted by atomic mass is 16.2. The minimum atomic E-state index is -0.214. The van der Waals surface area contributed by atoms with Gasteiger partial charge in [0.1, 0.15) is 5.82 Å². The second-order valence-electron chi connectivity index (χ2n) is 8.96. The number of H-pyrrole nitrogens is 1. The third-order valence-corrected chi connectivity index (χ3v) is 6.98. The van der Waals surface area contributed by atoms with Gasteiger partial charge in [0.2, 0.25) is 5.91 Å². The summed E-state index contributed by atoms with van der Waals surface area (Å²) < 4.78 is 0. The van der Waals surface area contributed by atoms with Crippen molar-refractivity contribution in [1.82, 2.24) is 25.5 Å². The largest absolute Gasteiger partial charge is 0.349 e. The van der Waals surface area contributed by atoms with Gasteiger partial charge in [-0.15, -0.1) is 0 Å². The Morgan fingerprint density at radius 3 is 2.79 bits per heavy atom. The quantitative estimate of drug-likeness (QED) is 0.745. The first kappa shape index (κ1) is 18.5. The number of aromatic amines is 1. The van der Waals surface area contributed by atoms with Crippen LogP contribution >= 0.6 is 0 Å². The van der Waals surface area contributed by atoms with Gasteiger partial charge in [-0.2, -0.15) is 0 Å². The van der Waals surface area contributed by atoms with Gasteiger partial charge in [-0.25, -0.2) is 9.78 Å². The second-order valence-corrected chi connectivity index (χ2v) is 8.96. The molecule has 3 fully saturated rings. The molecule has 1 spiro atoms. The molecule has 2 unspecified atom stereocenters. The maximum Gasteiger partial charge on any atom is 0.318 e. The molecular weight excluding hydrogens is 366 g/mol. The number of likely N-dealkylation sites (tertiary alicyclic amines) is 1. The normalized spacial score (nSPS) is 26.2. The smallest absolute Gasteiger partial charge is 0.318 e. The van der Waals surface area contributed by atoms with E-state index in [-0.39, 0.29) is 23.5 Å². The van der Waals surface area contributed by atoms with Gasteiger partial charge in [-0.3, -0.25) is 4.79 Å². The molecule has 154 valence electrons. The van der Waals surface area contributed by atoms with Gasteiger partial charge in [-0.1, -0.05) is 31.4 Å². The topological polar surface area (TPSA) is 90.1 Å². The molecule has 7 nitrogen and oxygen atoms in total. The highest BCUT2D eigenvalue weighted by molar-refractivity contribution is 5.81. The van der Waals surface area contributed by atoms with Crippen molar-refractivity contribution in [1.29, 1.82) is 0 Å². The van der Waals surface area contributed by atoms with Gasteiger partial charge in [0.25, 0.3) is 0 Å². The fourth-order valence-electron chi connectivity index (χ4n) is 5.35. The predicted molar refractivity (Wildman–Crippen MR) is 110 cm³/mol. The maximum atomic E-state index is 13.2. The van der Waals surface area contributed by atoms with E-state index >= 15 is 0 Å². The number of hydrogen-bond donors (Lipinski definition) is 3. The van der Waals surface area contributed by atoms with Crippen LogP contribution in [0.3, 0.4) is 0 Å². The molecule has 2 saturated heterocycles. The molecule has 3 aliphatic rings. The van der Waals surface area contributed by atoms with Crippen LogP contribution < -0.4 is 10.6 Å². The van der Waals surface area contributed by atoms with Crippen LogP contribution in [0.25, 0.3) is 11.0 Å². The zero-order valence-electron chi connectivity index (χ0n) is 16.7. The molecule has 0 bridgehead atoms. The van der Waals surface area contributed by atoms with Crippen LogP contribution in [0.4, 0.5) is 4.79 Å². The fraction of sp³-hybridized carbons (Fsp3) is 0.591. The van der Waals surface area contributed by atoms with Gasteiger partial charge in [0.15, 0.2) is 0 Å². The maximum absolute atomic E-state index is 13.2. The summed E-state index contributed by atoms with van der Waals surface area (Å²) in [5, 5.41) is 6.41. The molecule has 2 aliphatic heterocycles. The van der Waals surface area contributed by atoms with E-state index in [9.17, 15) is 9.59 Å². The molecule has 3 heterocycles. The number of imidazole rings is 1. The van der Waals surface area contributed by atoms with Crippen molar-refractivity contribution in [2.45, 2.75) is 62.9 Å². The lowest BCUT2D eigenvalue weighted by Gasteiger charge is -2.31. The predicted octanol–water partition coefficient (Wildman–Crippen LogP) is 3.25. The van der Waals surface area contributed by atoms with Gasteiger partial charge in [-0.05, 0) is 43.7 Å². The molecule has 3 amide bonds. The first-order chi connectivity index (χ1) is 14.1. The monoisotopic (exact) mass is 395 g/mol. The van der Waals surface area contributed by atoms with E-state index in [4.69, 9.17) is 4.98 Å². The van der Waals surface area contributed by atoms with Crippen LogP contribution in [0.5, 0.6) is 0 Å². The van der Waals surface area contributed by atoms with Crippen molar-refractivity contribution in [2.24, 2.45) is 5.92 Å². The van der Waals surface area contributed by atoms with Crippen LogP contribution in [0.15, 0.2) is 24.3 Å². The Kier molecular flexibility index (Phi) is 4.68. The minimum Gasteiger partial charge on any atom is -0.349 e. The summed E-state index contributed by atoms with van der Waals surface area (Å²) in [4.78, 5) is 35.0. The SMILES string of the molecule is O=C1CCC2(CCN(C(=O)NC(c3nc4ccccc4[nH]3)C3CCCCC3)C2)N1. The number of urea groups is 1. The van der Waals surface area contributed by atoms with E-state index in [1.807, 2.05) is 29.2 Å². The first-order valence-corrected chi connectivity index (χ1v) is 10.9. The fourth-order valence-corrected chi connectivity index (χ4v) is 5.35. The van der Waals surface area contributed by atoms with Gasteiger partial charge in [0.05, 0.1) is 22.6 Å². The number of benzene rings is 1. The average molecular weight is 396 g/mol. The van der Waals surface area contributed by atoms with Crippen molar-refractivity contribution < 1.29 is 9.59 Å². The van der Waals surface area contributed by atoms with Crippen molar-refractivity contribution >= 4 is 23.0 Å². The lowest BCUT2D eigenvalue weighted by molar-refractivity contribution is -0.119. The Labute approximate surface area is 170 Å². The summed E-state index contributed by atoms with van der Waals surface area (Å²) in [6.45, 7) is 1.28. The van der Waals surface area contributed by atoms with E-state index in [0.717, 1.165) is 42.5 Å². The zero-order chi connectivity index (χ0) is 19.8. The molecule has 1 aliphatic carbocycles. The van der Waals surface area contributed by atoms with E-state index in [1.54, 1.807) is 0 Å². The lowest BCUT2D eigenvalue weighted by Crippen LogP contribution is -2.48. The standard InChI is InChI=1S/C22H29N5O2/c28-18-10-11-22(26-18)12-13-27(14-22)21(29)25-19(15-6-2-1-3-7-15)20-23-16-8-4-5-9-17(16)24-20/h4-5,8-9,15,19H,1-3,6-7,10-14H2,(H,23,24)(H,25,29)(H,26,28). The number of nitrogens with zero attached hydrogens (tertiary/aromatic N) is 2. The summed E-state index contributed by atoms with van der Waals surface area (Å²) in [5.74, 6) is 1.36. The number of hydrogen-bond acceptors (Lipinski definition) is 3. The molecule has 29 heavy (non-hydrogen) atoms.